The lowest BCUT2D eigenvalue weighted by atomic mass is 9.70. The molecule has 0 radical (unpaired) electrons. The van der Waals surface area contributed by atoms with Crippen LogP contribution in [0.3, 0.4) is 0 Å². The van der Waals surface area contributed by atoms with E-state index in [1.807, 2.05) is 7.05 Å². The molecule has 1 aliphatic heterocycles. The first-order valence-corrected chi connectivity index (χ1v) is 19.6. The zero-order valence-corrected chi connectivity index (χ0v) is 32.4. The SMILES string of the molecule is CN(CCC(C)(C)CC=O)CC(NC(=O)NC(C(=O)N1CCCC1C(=O)NC(CC1CC1)C(=O)C(=O)NC1CC1)C1(C)CCCCC1)C(C)(C)C. The van der Waals surface area contributed by atoms with Gasteiger partial charge in [0.25, 0.3) is 5.91 Å². The number of likely N-dealkylation sites (tertiary alicyclic amines) is 1. The zero-order valence-electron chi connectivity index (χ0n) is 32.4. The molecule has 0 bridgehead atoms. The monoisotopic (exact) mass is 715 g/mol. The Morgan fingerprint density at radius 1 is 0.902 bits per heavy atom. The summed E-state index contributed by atoms with van der Waals surface area (Å²) in [4.78, 5) is 83.0. The van der Waals surface area contributed by atoms with Crippen molar-refractivity contribution in [3.05, 3.63) is 0 Å². The van der Waals surface area contributed by atoms with Crippen LogP contribution in [0.1, 0.15) is 131 Å². The Hall–Kier alpha value is -3.02. The number of carbonyl (C=O) groups excluding carboxylic acids is 6. The fourth-order valence-corrected chi connectivity index (χ4v) is 7.57. The van der Waals surface area contributed by atoms with Crippen LogP contribution in [-0.4, -0.2) is 103 Å². The number of nitrogens with one attached hydrogen (secondary N) is 4. The highest BCUT2D eigenvalue weighted by atomic mass is 16.2. The minimum atomic E-state index is -0.916. The molecule has 1 heterocycles. The van der Waals surface area contributed by atoms with Crippen LogP contribution >= 0.6 is 0 Å². The first-order valence-electron chi connectivity index (χ1n) is 19.6. The van der Waals surface area contributed by atoms with Gasteiger partial charge in [0.15, 0.2) is 0 Å². The Labute approximate surface area is 305 Å². The van der Waals surface area contributed by atoms with Gasteiger partial charge in [0.1, 0.15) is 18.4 Å². The van der Waals surface area contributed by atoms with Crippen molar-refractivity contribution in [3.8, 4) is 0 Å². The van der Waals surface area contributed by atoms with Gasteiger partial charge in [-0.05, 0) is 87.1 Å². The molecule has 4 N–H and O–H groups in total. The lowest BCUT2D eigenvalue weighted by molar-refractivity contribution is -0.144. The molecule has 4 rings (SSSR count). The topological polar surface area (TPSA) is 157 Å². The van der Waals surface area contributed by atoms with Gasteiger partial charge in [0.05, 0.1) is 6.04 Å². The molecule has 4 fully saturated rings. The van der Waals surface area contributed by atoms with Crippen LogP contribution in [0, 0.1) is 22.2 Å². The standard InChI is InChI=1S/C39H66N6O6/c1-37(2,3)30(25-44(7)22-19-38(4,5)20-23-46)42-36(51)43-32(39(6)17-9-8-10-18-39)35(50)45-21-11-12-29(45)33(48)41-28(24-26-13-14-26)31(47)34(49)40-27-15-16-27/h23,26-30,32H,8-22,24-25H2,1-7H3,(H,40,49)(H,41,48)(H2,42,43,51). The second-order valence-electron chi connectivity index (χ2n) is 18.3. The molecular formula is C39H66N6O6. The molecule has 3 aliphatic carbocycles. The van der Waals surface area contributed by atoms with Gasteiger partial charge in [-0.3, -0.25) is 19.2 Å². The third-order valence-electron chi connectivity index (χ3n) is 11.7. The maximum absolute atomic E-state index is 14.6. The predicted molar refractivity (Wildman–Crippen MR) is 197 cm³/mol. The van der Waals surface area contributed by atoms with Crippen LogP contribution in [0.5, 0.6) is 0 Å². The van der Waals surface area contributed by atoms with E-state index in [1.54, 1.807) is 4.90 Å². The van der Waals surface area contributed by atoms with Crippen molar-refractivity contribution in [1.82, 2.24) is 31.1 Å². The highest BCUT2D eigenvalue weighted by Crippen LogP contribution is 2.40. The largest absolute Gasteiger partial charge is 0.347 e. The number of ketones is 1. The van der Waals surface area contributed by atoms with Crippen molar-refractivity contribution < 1.29 is 28.8 Å². The summed E-state index contributed by atoms with van der Waals surface area (Å²) in [5.41, 5.74) is -0.871. The summed E-state index contributed by atoms with van der Waals surface area (Å²) >= 11 is 0. The lowest BCUT2D eigenvalue weighted by Gasteiger charge is -2.43. The summed E-state index contributed by atoms with van der Waals surface area (Å²) in [6, 6.07) is -3.13. The zero-order chi connectivity index (χ0) is 37.6. The van der Waals surface area contributed by atoms with Crippen LogP contribution in [0.2, 0.25) is 0 Å². The Morgan fingerprint density at radius 2 is 1.57 bits per heavy atom. The molecular weight excluding hydrogens is 648 g/mol. The van der Waals surface area contributed by atoms with Crippen LogP contribution in [-0.2, 0) is 24.0 Å². The molecule has 4 unspecified atom stereocenters. The van der Waals surface area contributed by atoms with E-state index in [4.69, 9.17) is 0 Å². The minimum absolute atomic E-state index is 0.0377. The Morgan fingerprint density at radius 3 is 2.16 bits per heavy atom. The van der Waals surface area contributed by atoms with Crippen molar-refractivity contribution in [2.24, 2.45) is 22.2 Å². The second kappa shape index (κ2) is 17.2. The molecule has 0 aromatic rings. The number of carbonyl (C=O) groups is 6. The number of aldehydes is 1. The van der Waals surface area contributed by atoms with E-state index >= 15 is 0 Å². The first kappa shape index (κ1) is 40.7. The molecule has 4 atom stereocenters. The number of urea groups is 1. The molecule has 12 heteroatoms. The number of rotatable bonds is 18. The van der Waals surface area contributed by atoms with E-state index in [0.29, 0.717) is 44.7 Å². The van der Waals surface area contributed by atoms with E-state index < -0.39 is 47.2 Å². The average molecular weight is 715 g/mol. The highest BCUT2D eigenvalue weighted by Gasteiger charge is 2.47. The number of hydrogen-bond donors (Lipinski definition) is 4. The van der Waals surface area contributed by atoms with E-state index in [-0.39, 0.29) is 28.8 Å². The summed E-state index contributed by atoms with van der Waals surface area (Å²) in [5, 5.41) is 11.9. The number of amides is 5. The minimum Gasteiger partial charge on any atom is -0.347 e. The molecule has 12 nitrogen and oxygen atoms in total. The van der Waals surface area contributed by atoms with Crippen molar-refractivity contribution in [2.45, 2.75) is 162 Å². The normalized spacial score (nSPS) is 22.4. The maximum Gasteiger partial charge on any atom is 0.315 e. The van der Waals surface area contributed by atoms with E-state index in [9.17, 15) is 28.8 Å². The maximum atomic E-state index is 14.6. The fraction of sp³-hybridized carbons (Fsp3) is 0.846. The number of likely N-dealkylation sites (N-methyl/N-ethyl adjacent to an activating group) is 1. The van der Waals surface area contributed by atoms with E-state index in [0.717, 1.165) is 77.0 Å². The average Bonchev–Trinajstić information content (AvgIpc) is 4.00. The van der Waals surface area contributed by atoms with Crippen LogP contribution in [0.25, 0.3) is 0 Å². The van der Waals surface area contributed by atoms with E-state index in [1.165, 1.54) is 0 Å². The smallest absolute Gasteiger partial charge is 0.315 e. The van der Waals surface area contributed by atoms with Crippen molar-refractivity contribution >= 4 is 35.8 Å². The summed E-state index contributed by atoms with van der Waals surface area (Å²) < 4.78 is 0. The van der Waals surface area contributed by atoms with Gasteiger partial charge in [-0.1, -0.05) is 73.6 Å². The molecule has 288 valence electrons. The summed E-state index contributed by atoms with van der Waals surface area (Å²) in [6.45, 7) is 14.2. The highest BCUT2D eigenvalue weighted by molar-refractivity contribution is 6.38. The van der Waals surface area contributed by atoms with E-state index in [2.05, 4.69) is 67.7 Å². The van der Waals surface area contributed by atoms with Gasteiger partial charge in [0.2, 0.25) is 17.6 Å². The molecule has 51 heavy (non-hydrogen) atoms. The van der Waals surface area contributed by atoms with Crippen molar-refractivity contribution in [3.63, 3.8) is 0 Å². The van der Waals surface area contributed by atoms with Crippen molar-refractivity contribution in [1.29, 1.82) is 0 Å². The molecule has 0 aromatic heterocycles. The van der Waals surface area contributed by atoms with Crippen LogP contribution in [0.4, 0.5) is 4.79 Å². The summed E-state index contributed by atoms with van der Waals surface area (Å²) in [6.07, 6.45) is 12.0. The Bertz CT molecular complexity index is 1260. The number of hydrogen-bond acceptors (Lipinski definition) is 7. The quantitative estimate of drug-likeness (QED) is 0.123. The summed E-state index contributed by atoms with van der Waals surface area (Å²) in [5.74, 6) is -1.65. The molecule has 0 spiro atoms. The van der Waals surface area contributed by atoms with Gasteiger partial charge in [-0.15, -0.1) is 0 Å². The van der Waals surface area contributed by atoms with Gasteiger partial charge < -0.3 is 35.9 Å². The fourth-order valence-electron chi connectivity index (χ4n) is 7.57. The molecule has 0 aromatic carbocycles. The van der Waals surface area contributed by atoms with Gasteiger partial charge in [-0.2, -0.15) is 0 Å². The Kier molecular flexibility index (Phi) is 13.7. The number of nitrogens with zero attached hydrogens (tertiary/aromatic N) is 2. The third-order valence-corrected chi connectivity index (χ3v) is 11.7. The second-order valence-corrected chi connectivity index (χ2v) is 18.3. The molecule has 4 aliphatic rings. The van der Waals surface area contributed by atoms with Gasteiger partial charge in [-0.25, -0.2) is 4.79 Å². The number of Topliss-reactive ketones (excluding diaryl/α,β-unsaturated/α-hetero) is 1. The third kappa shape index (κ3) is 12.0. The molecule has 3 saturated carbocycles. The van der Waals surface area contributed by atoms with Gasteiger partial charge >= 0.3 is 6.03 Å². The lowest BCUT2D eigenvalue weighted by Crippen LogP contribution is -2.62. The van der Waals surface area contributed by atoms with Crippen LogP contribution in [0.15, 0.2) is 0 Å². The van der Waals surface area contributed by atoms with Gasteiger partial charge in [0, 0.05) is 31.6 Å². The van der Waals surface area contributed by atoms with Crippen molar-refractivity contribution in [2.75, 3.05) is 26.7 Å². The first-order chi connectivity index (χ1) is 23.9. The summed E-state index contributed by atoms with van der Waals surface area (Å²) in [7, 11) is 2.02. The predicted octanol–water partition coefficient (Wildman–Crippen LogP) is 4.10. The van der Waals surface area contributed by atoms with Crippen LogP contribution < -0.4 is 21.3 Å². The Balaban J connectivity index is 1.46. The molecule has 5 amide bonds. The molecule has 1 saturated heterocycles.